The molecule has 116 valence electrons. The lowest BCUT2D eigenvalue weighted by molar-refractivity contribution is -0.141. The van der Waals surface area contributed by atoms with Crippen LogP contribution in [0, 0.1) is 11.8 Å². The number of rotatable bonds is 5. The highest BCUT2D eigenvalue weighted by Crippen LogP contribution is 2.30. The van der Waals surface area contributed by atoms with E-state index in [4.69, 9.17) is 12.2 Å². The Morgan fingerprint density at radius 2 is 1.86 bits per heavy atom. The van der Waals surface area contributed by atoms with E-state index in [1.165, 1.54) is 11.1 Å². The van der Waals surface area contributed by atoms with Crippen LogP contribution in [0.5, 0.6) is 0 Å². The number of hydrogen-bond donors (Lipinski definition) is 2. The number of carboxylic acids is 1. The summed E-state index contributed by atoms with van der Waals surface area (Å²) in [6.07, 6.45) is 3.24. The van der Waals surface area contributed by atoms with E-state index in [0.29, 0.717) is 23.7 Å². The average Bonchev–Trinajstić information content (AvgIpc) is 3.07. The lowest BCUT2D eigenvalue weighted by Crippen LogP contribution is -2.39. The van der Waals surface area contributed by atoms with Crippen LogP contribution in [0.1, 0.15) is 24.0 Å². The number of hydrogen-bond acceptors (Lipinski definition) is 4. The molecule has 0 radical (unpaired) electrons. The van der Waals surface area contributed by atoms with Gasteiger partial charge in [-0.3, -0.25) is 14.9 Å². The monoisotopic (exact) mass is 317 g/mol. The molecular formula is C17H19NO3S. The minimum absolute atomic E-state index is 0.0293. The summed E-state index contributed by atoms with van der Waals surface area (Å²) in [5.74, 6) is -1.19. The highest BCUT2D eigenvalue weighted by Gasteiger charge is 2.41. The van der Waals surface area contributed by atoms with Crippen molar-refractivity contribution in [3.8, 4) is 0 Å². The molecule has 1 unspecified atom stereocenters. The summed E-state index contributed by atoms with van der Waals surface area (Å²) in [5.41, 5.74) is 2.75. The Balaban J connectivity index is 1.57. The minimum Gasteiger partial charge on any atom is -0.480 e. The molecule has 1 saturated heterocycles. The zero-order chi connectivity index (χ0) is 15.7. The van der Waals surface area contributed by atoms with E-state index in [-0.39, 0.29) is 5.78 Å². The number of carbonyl (C=O) groups excluding carboxylic acids is 1. The predicted octanol–water partition coefficient (Wildman–Crippen LogP) is 1.79. The average molecular weight is 317 g/mol. The Labute approximate surface area is 134 Å². The third-order valence-corrected chi connectivity index (χ3v) is 5.12. The van der Waals surface area contributed by atoms with Crippen LogP contribution in [-0.4, -0.2) is 34.3 Å². The summed E-state index contributed by atoms with van der Waals surface area (Å²) < 4.78 is 0. The Morgan fingerprint density at radius 3 is 2.45 bits per heavy atom. The molecule has 22 heavy (non-hydrogen) atoms. The largest absolute Gasteiger partial charge is 0.480 e. The van der Waals surface area contributed by atoms with Gasteiger partial charge in [0.05, 0.1) is 5.92 Å². The third-order valence-electron chi connectivity index (χ3n) is 4.72. The first-order valence-electron chi connectivity index (χ1n) is 7.64. The summed E-state index contributed by atoms with van der Waals surface area (Å²) in [7, 11) is 0. The maximum absolute atomic E-state index is 12.4. The molecule has 1 aromatic rings. The van der Waals surface area contributed by atoms with Crippen LogP contribution in [-0.2, 0) is 22.4 Å². The lowest BCUT2D eigenvalue weighted by Gasteiger charge is -2.15. The molecule has 4 nitrogen and oxygen atoms in total. The highest BCUT2D eigenvalue weighted by atomic mass is 32.1. The van der Waals surface area contributed by atoms with E-state index in [2.05, 4.69) is 17.4 Å². The fraction of sp³-hybridized carbons (Fsp3) is 0.471. The summed E-state index contributed by atoms with van der Waals surface area (Å²) >= 11 is 5.17. The van der Waals surface area contributed by atoms with Crippen LogP contribution in [0.4, 0.5) is 0 Å². The van der Waals surface area contributed by atoms with Gasteiger partial charge in [0.1, 0.15) is 11.8 Å². The number of aliphatic carboxylic acids is 1. The first-order chi connectivity index (χ1) is 10.6. The van der Waals surface area contributed by atoms with Crippen LogP contribution >= 0.6 is 12.2 Å². The molecule has 0 saturated carbocycles. The zero-order valence-corrected chi connectivity index (χ0v) is 13.1. The van der Waals surface area contributed by atoms with Gasteiger partial charge in [-0.05, 0) is 36.3 Å². The quantitative estimate of drug-likeness (QED) is 0.811. The van der Waals surface area contributed by atoms with Gasteiger partial charge < -0.3 is 5.11 Å². The van der Waals surface area contributed by atoms with Crippen LogP contribution in [0.25, 0.3) is 0 Å². The molecular weight excluding hydrogens is 298 g/mol. The number of nitrogens with one attached hydrogen (secondary N) is 1. The van der Waals surface area contributed by atoms with E-state index in [1.807, 2.05) is 12.1 Å². The minimum atomic E-state index is -0.994. The number of Topliss-reactive ketones (excluding diaryl/α,β-unsaturated/α-hetero) is 1. The second-order valence-corrected chi connectivity index (χ2v) is 6.71. The molecule has 5 heteroatoms. The molecule has 0 aromatic heterocycles. The molecule has 2 N–H and O–H groups in total. The van der Waals surface area contributed by atoms with Crippen molar-refractivity contribution in [1.29, 1.82) is 0 Å². The molecule has 1 aliphatic heterocycles. The van der Waals surface area contributed by atoms with E-state index >= 15 is 0 Å². The molecule has 1 aromatic carbocycles. The summed E-state index contributed by atoms with van der Waals surface area (Å²) in [6, 6.07) is 7.54. The fourth-order valence-electron chi connectivity index (χ4n) is 3.58. The van der Waals surface area contributed by atoms with Crippen molar-refractivity contribution in [1.82, 2.24) is 5.32 Å². The Morgan fingerprint density at radius 1 is 1.23 bits per heavy atom. The number of fused-ring (bicyclic) bond motifs is 1. The molecule has 1 heterocycles. The third kappa shape index (κ3) is 2.96. The van der Waals surface area contributed by atoms with Gasteiger partial charge in [-0.15, -0.1) is 0 Å². The van der Waals surface area contributed by atoms with Gasteiger partial charge in [0, 0.05) is 17.8 Å². The predicted molar refractivity (Wildman–Crippen MR) is 87.1 cm³/mol. The number of carbonyl (C=O) groups is 2. The second-order valence-electron chi connectivity index (χ2n) is 6.19. The van der Waals surface area contributed by atoms with Crippen molar-refractivity contribution >= 4 is 28.8 Å². The zero-order valence-electron chi connectivity index (χ0n) is 12.2. The SMILES string of the molecule is O=C(CCC1Cc2ccccc2C1)C1C(=S)CN[C@@H]1C(=O)O. The lowest BCUT2D eigenvalue weighted by atomic mass is 9.89. The van der Waals surface area contributed by atoms with Gasteiger partial charge in [0.25, 0.3) is 0 Å². The van der Waals surface area contributed by atoms with Crippen LogP contribution < -0.4 is 5.32 Å². The Bertz CT molecular complexity index is 603. The van der Waals surface area contributed by atoms with Crippen molar-refractivity contribution in [3.63, 3.8) is 0 Å². The normalized spacial score (nSPS) is 24.5. The highest BCUT2D eigenvalue weighted by molar-refractivity contribution is 7.80. The molecule has 0 spiro atoms. The van der Waals surface area contributed by atoms with Gasteiger partial charge in [0.15, 0.2) is 0 Å². The molecule has 1 fully saturated rings. The fourth-order valence-corrected chi connectivity index (χ4v) is 3.93. The molecule has 2 aliphatic rings. The van der Waals surface area contributed by atoms with Crippen molar-refractivity contribution in [3.05, 3.63) is 35.4 Å². The maximum atomic E-state index is 12.4. The summed E-state index contributed by atoms with van der Waals surface area (Å²) in [6.45, 7) is 0.345. The topological polar surface area (TPSA) is 66.4 Å². The van der Waals surface area contributed by atoms with Gasteiger partial charge >= 0.3 is 5.97 Å². The first-order valence-corrected chi connectivity index (χ1v) is 8.05. The van der Waals surface area contributed by atoms with E-state index < -0.39 is 17.9 Å². The van der Waals surface area contributed by atoms with Crippen molar-refractivity contribution < 1.29 is 14.7 Å². The van der Waals surface area contributed by atoms with Crippen molar-refractivity contribution in [2.24, 2.45) is 11.8 Å². The number of thiocarbonyl (C=S) groups is 1. The first kappa shape index (κ1) is 15.3. The van der Waals surface area contributed by atoms with Crippen LogP contribution in [0.3, 0.4) is 0 Å². The van der Waals surface area contributed by atoms with Gasteiger partial charge in [-0.1, -0.05) is 36.5 Å². The number of benzene rings is 1. The second kappa shape index (κ2) is 6.26. The molecule has 1 aliphatic carbocycles. The van der Waals surface area contributed by atoms with Crippen molar-refractivity contribution in [2.75, 3.05) is 6.54 Å². The van der Waals surface area contributed by atoms with Crippen LogP contribution in [0.2, 0.25) is 0 Å². The summed E-state index contributed by atoms with van der Waals surface area (Å²) in [5, 5.41) is 12.0. The Hall–Kier alpha value is -1.59. The van der Waals surface area contributed by atoms with E-state index in [0.717, 1.165) is 19.3 Å². The Kier molecular flexibility index (Phi) is 4.36. The molecule has 0 bridgehead atoms. The van der Waals surface area contributed by atoms with E-state index in [1.54, 1.807) is 0 Å². The summed E-state index contributed by atoms with van der Waals surface area (Å²) in [4.78, 5) is 24.1. The molecule has 3 rings (SSSR count). The van der Waals surface area contributed by atoms with Crippen molar-refractivity contribution in [2.45, 2.75) is 31.7 Å². The standard InChI is InChI=1S/C17H19NO3S/c19-13(15-14(22)9-18-16(15)17(20)21)6-5-10-7-11-3-1-2-4-12(11)8-10/h1-4,10,15-16,18H,5-9H2,(H,20,21)/t15?,16-/m0/s1. The number of ketones is 1. The van der Waals surface area contributed by atoms with Crippen LogP contribution in [0.15, 0.2) is 24.3 Å². The van der Waals surface area contributed by atoms with Gasteiger partial charge in [-0.25, -0.2) is 0 Å². The smallest absolute Gasteiger partial charge is 0.321 e. The van der Waals surface area contributed by atoms with E-state index in [9.17, 15) is 14.7 Å². The number of carboxylic acid groups (broad SMARTS) is 1. The van der Waals surface area contributed by atoms with Gasteiger partial charge in [0.2, 0.25) is 0 Å². The molecule has 2 atom stereocenters. The maximum Gasteiger partial charge on any atom is 0.321 e. The molecule has 0 amide bonds. The van der Waals surface area contributed by atoms with Gasteiger partial charge in [-0.2, -0.15) is 0 Å².